The molecule has 1 aromatic carbocycles. The van der Waals surface area contributed by atoms with Crippen molar-refractivity contribution in [2.24, 2.45) is 0 Å². The van der Waals surface area contributed by atoms with Gasteiger partial charge in [0.2, 0.25) is 0 Å². The Morgan fingerprint density at radius 1 is 1.40 bits per heavy atom. The highest BCUT2D eigenvalue weighted by molar-refractivity contribution is 5.68. The summed E-state index contributed by atoms with van der Waals surface area (Å²) >= 11 is 0. The van der Waals surface area contributed by atoms with Crippen molar-refractivity contribution in [3.63, 3.8) is 0 Å². The standard InChI is InChI=1S/C16H23NO3/c1-5-14(18)13(11-12-9-7-6-8-10-12)17-15(19)20-16(2,3)4/h5-10,13-14,18H,1,11H2,2-4H3,(H,17,19)/t13-,14-/m1/s1. The summed E-state index contributed by atoms with van der Waals surface area (Å²) in [6, 6.07) is 9.17. The van der Waals surface area contributed by atoms with E-state index in [2.05, 4.69) is 11.9 Å². The van der Waals surface area contributed by atoms with E-state index in [4.69, 9.17) is 4.74 Å². The zero-order chi connectivity index (χ0) is 15.2. The number of carbonyl (C=O) groups is 1. The van der Waals surface area contributed by atoms with Gasteiger partial charge in [-0.25, -0.2) is 4.79 Å². The highest BCUT2D eigenvalue weighted by Gasteiger charge is 2.23. The van der Waals surface area contributed by atoms with Crippen molar-refractivity contribution in [2.75, 3.05) is 0 Å². The fourth-order valence-electron chi connectivity index (χ4n) is 1.75. The monoisotopic (exact) mass is 277 g/mol. The van der Waals surface area contributed by atoms with E-state index in [0.29, 0.717) is 6.42 Å². The highest BCUT2D eigenvalue weighted by Crippen LogP contribution is 2.10. The molecule has 110 valence electrons. The van der Waals surface area contributed by atoms with Crippen LogP contribution in [0.5, 0.6) is 0 Å². The van der Waals surface area contributed by atoms with E-state index in [1.165, 1.54) is 6.08 Å². The van der Waals surface area contributed by atoms with Crippen LogP contribution in [0.15, 0.2) is 43.0 Å². The third-order valence-electron chi connectivity index (χ3n) is 2.65. The Morgan fingerprint density at radius 3 is 2.50 bits per heavy atom. The van der Waals surface area contributed by atoms with Crippen LogP contribution in [-0.2, 0) is 11.2 Å². The van der Waals surface area contributed by atoms with Crippen molar-refractivity contribution < 1.29 is 14.6 Å². The average molecular weight is 277 g/mol. The lowest BCUT2D eigenvalue weighted by atomic mass is 10.0. The smallest absolute Gasteiger partial charge is 0.407 e. The number of benzene rings is 1. The molecular formula is C16H23NO3. The van der Waals surface area contributed by atoms with Gasteiger partial charge >= 0.3 is 6.09 Å². The molecule has 1 amide bonds. The third-order valence-corrected chi connectivity index (χ3v) is 2.65. The summed E-state index contributed by atoms with van der Waals surface area (Å²) in [7, 11) is 0. The van der Waals surface area contributed by atoms with E-state index in [1.807, 2.05) is 30.3 Å². The highest BCUT2D eigenvalue weighted by atomic mass is 16.6. The van der Waals surface area contributed by atoms with Crippen LogP contribution >= 0.6 is 0 Å². The molecule has 1 aromatic rings. The fraction of sp³-hybridized carbons (Fsp3) is 0.438. The molecule has 0 spiro atoms. The van der Waals surface area contributed by atoms with E-state index in [-0.39, 0.29) is 0 Å². The first kappa shape index (κ1) is 16.2. The molecule has 0 aliphatic carbocycles. The van der Waals surface area contributed by atoms with Gasteiger partial charge in [0.15, 0.2) is 0 Å². The van der Waals surface area contributed by atoms with Gasteiger partial charge in [0.1, 0.15) is 5.60 Å². The van der Waals surface area contributed by atoms with Gasteiger partial charge in [-0.1, -0.05) is 36.4 Å². The van der Waals surface area contributed by atoms with Crippen molar-refractivity contribution in [3.8, 4) is 0 Å². The maximum Gasteiger partial charge on any atom is 0.407 e. The van der Waals surface area contributed by atoms with Gasteiger partial charge in [-0.15, -0.1) is 6.58 Å². The Bertz CT molecular complexity index is 437. The molecule has 0 unspecified atom stereocenters. The predicted molar refractivity (Wildman–Crippen MR) is 79.5 cm³/mol. The van der Waals surface area contributed by atoms with Gasteiger partial charge in [0.05, 0.1) is 12.1 Å². The van der Waals surface area contributed by atoms with Crippen LogP contribution in [0.2, 0.25) is 0 Å². The maximum atomic E-state index is 11.8. The molecule has 1 rings (SSSR count). The zero-order valence-electron chi connectivity index (χ0n) is 12.3. The lowest BCUT2D eigenvalue weighted by Crippen LogP contribution is -2.46. The molecule has 0 heterocycles. The number of rotatable bonds is 5. The van der Waals surface area contributed by atoms with Crippen LogP contribution < -0.4 is 5.32 Å². The first-order chi connectivity index (χ1) is 9.31. The van der Waals surface area contributed by atoms with Crippen molar-refractivity contribution in [3.05, 3.63) is 48.6 Å². The molecule has 0 saturated heterocycles. The van der Waals surface area contributed by atoms with Crippen LogP contribution in [0.4, 0.5) is 4.79 Å². The molecule has 0 aliphatic heterocycles. The minimum absolute atomic E-state index is 0.468. The number of aliphatic hydroxyl groups excluding tert-OH is 1. The molecule has 0 radical (unpaired) electrons. The van der Waals surface area contributed by atoms with Gasteiger partial charge in [-0.05, 0) is 32.8 Å². The summed E-state index contributed by atoms with van der Waals surface area (Å²) in [5.74, 6) is 0. The predicted octanol–water partition coefficient (Wildman–Crippen LogP) is 2.67. The van der Waals surface area contributed by atoms with Crippen molar-refractivity contribution in [1.29, 1.82) is 0 Å². The molecule has 2 atom stereocenters. The van der Waals surface area contributed by atoms with Crippen molar-refractivity contribution >= 4 is 6.09 Å². The van der Waals surface area contributed by atoms with Gasteiger partial charge in [0.25, 0.3) is 0 Å². The van der Waals surface area contributed by atoms with E-state index in [0.717, 1.165) is 5.56 Å². The van der Waals surface area contributed by atoms with Crippen molar-refractivity contribution in [2.45, 2.75) is 44.9 Å². The van der Waals surface area contributed by atoms with Crippen LogP contribution in [0.1, 0.15) is 26.3 Å². The number of carbonyl (C=O) groups excluding carboxylic acids is 1. The average Bonchev–Trinajstić information content (AvgIpc) is 2.36. The van der Waals surface area contributed by atoms with E-state index in [9.17, 15) is 9.90 Å². The Morgan fingerprint density at radius 2 is 2.00 bits per heavy atom. The van der Waals surface area contributed by atoms with Crippen LogP contribution in [-0.4, -0.2) is 28.9 Å². The second-order valence-electron chi connectivity index (χ2n) is 5.67. The van der Waals surface area contributed by atoms with E-state index >= 15 is 0 Å². The Kier molecular flexibility index (Phi) is 5.77. The maximum absolute atomic E-state index is 11.8. The number of nitrogens with one attached hydrogen (secondary N) is 1. The molecular weight excluding hydrogens is 254 g/mol. The molecule has 2 N–H and O–H groups in total. The summed E-state index contributed by atoms with van der Waals surface area (Å²) < 4.78 is 5.21. The molecule has 0 fully saturated rings. The summed E-state index contributed by atoms with van der Waals surface area (Å²) in [6.07, 6.45) is 0.542. The van der Waals surface area contributed by atoms with E-state index < -0.39 is 23.8 Å². The molecule has 4 heteroatoms. The second kappa shape index (κ2) is 7.10. The summed E-state index contributed by atoms with van der Waals surface area (Å²) in [5, 5.41) is 12.6. The normalized spacial score (nSPS) is 14.2. The largest absolute Gasteiger partial charge is 0.444 e. The summed E-state index contributed by atoms with van der Waals surface area (Å²) in [4.78, 5) is 11.8. The molecule has 0 aromatic heterocycles. The van der Waals surface area contributed by atoms with Gasteiger partial charge in [-0.2, -0.15) is 0 Å². The summed E-state index contributed by atoms with van der Waals surface area (Å²) in [5.41, 5.74) is 0.454. The van der Waals surface area contributed by atoms with Crippen LogP contribution in [0.3, 0.4) is 0 Å². The lowest BCUT2D eigenvalue weighted by molar-refractivity contribution is 0.0455. The lowest BCUT2D eigenvalue weighted by Gasteiger charge is -2.25. The van der Waals surface area contributed by atoms with Gasteiger partial charge in [0, 0.05) is 0 Å². The number of alkyl carbamates (subject to hydrolysis) is 1. The number of hydrogen-bond donors (Lipinski definition) is 2. The van der Waals surface area contributed by atoms with E-state index in [1.54, 1.807) is 20.8 Å². The first-order valence-electron chi connectivity index (χ1n) is 6.66. The number of amides is 1. The van der Waals surface area contributed by atoms with Crippen LogP contribution in [0.25, 0.3) is 0 Å². The SMILES string of the molecule is C=C[C@@H](O)[C@@H](Cc1ccccc1)NC(=O)OC(C)(C)C. The van der Waals surface area contributed by atoms with Gasteiger partial charge in [-0.3, -0.25) is 0 Å². The van der Waals surface area contributed by atoms with Crippen molar-refractivity contribution in [1.82, 2.24) is 5.32 Å². The fourth-order valence-corrected chi connectivity index (χ4v) is 1.75. The number of hydrogen-bond acceptors (Lipinski definition) is 3. The molecule has 0 aliphatic rings. The molecule has 0 bridgehead atoms. The molecule has 4 nitrogen and oxygen atoms in total. The van der Waals surface area contributed by atoms with Gasteiger partial charge < -0.3 is 15.2 Å². The zero-order valence-corrected chi connectivity index (χ0v) is 12.3. The summed E-state index contributed by atoms with van der Waals surface area (Å²) in [6.45, 7) is 8.95. The number of ether oxygens (including phenoxy) is 1. The quantitative estimate of drug-likeness (QED) is 0.813. The number of aliphatic hydroxyl groups is 1. The Hall–Kier alpha value is -1.81. The Balaban J connectivity index is 2.70. The minimum Gasteiger partial charge on any atom is -0.444 e. The second-order valence-corrected chi connectivity index (χ2v) is 5.67. The topological polar surface area (TPSA) is 58.6 Å². The van der Waals surface area contributed by atoms with Crippen LogP contribution in [0, 0.1) is 0 Å². The minimum atomic E-state index is -0.831. The first-order valence-corrected chi connectivity index (χ1v) is 6.66. The molecule has 0 saturated carbocycles. The molecule has 20 heavy (non-hydrogen) atoms. The third kappa shape index (κ3) is 5.89. The Labute approximate surface area is 120 Å².